The maximum absolute atomic E-state index is 13.2. The molecule has 2 fully saturated rings. The SMILES string of the molecule is Cc1nnc(-c2cnc(Oc3ccc(C(C)(C)c4ccc(OC5CC(Nc6ccc7c(c6)C(=O)N(C6CCC(=O)NC6=O)C7=O)C5)cc4)cc3)o2)o1. The number of rotatable bonds is 10. The van der Waals surface area contributed by atoms with Crippen molar-refractivity contribution in [1.29, 1.82) is 0 Å². The highest BCUT2D eigenvalue weighted by Gasteiger charge is 2.45. The number of amides is 4. The van der Waals surface area contributed by atoms with Gasteiger partial charge >= 0.3 is 6.08 Å². The van der Waals surface area contributed by atoms with Gasteiger partial charge in [0.1, 0.15) is 23.6 Å². The molecule has 1 saturated heterocycles. The number of carbonyl (C=O) groups excluding carboxylic acids is 4. The van der Waals surface area contributed by atoms with Gasteiger partial charge in [0.05, 0.1) is 17.3 Å². The van der Waals surface area contributed by atoms with Gasteiger partial charge in [-0.25, -0.2) is 0 Å². The second-order valence-electron chi connectivity index (χ2n) is 13.7. The van der Waals surface area contributed by atoms with E-state index in [4.69, 9.17) is 18.3 Å². The van der Waals surface area contributed by atoms with Gasteiger partial charge in [0, 0.05) is 43.3 Å². The molecule has 3 aromatic carbocycles. The molecule has 2 N–H and O–H groups in total. The Morgan fingerprint density at radius 2 is 1.56 bits per heavy atom. The van der Waals surface area contributed by atoms with Crippen molar-refractivity contribution in [3.63, 3.8) is 0 Å². The third kappa shape index (κ3) is 6.16. The Labute approximate surface area is 297 Å². The van der Waals surface area contributed by atoms with E-state index < -0.39 is 29.7 Å². The Kier molecular flexibility index (Phi) is 8.08. The van der Waals surface area contributed by atoms with Crippen LogP contribution < -0.4 is 20.1 Å². The lowest BCUT2D eigenvalue weighted by atomic mass is 9.78. The number of fused-ring (bicyclic) bond motifs is 1. The van der Waals surface area contributed by atoms with Gasteiger partial charge in [-0.2, -0.15) is 4.98 Å². The minimum absolute atomic E-state index is 0.0282. The molecule has 2 aromatic heterocycles. The molecule has 1 atom stereocenters. The molecule has 1 unspecified atom stereocenters. The van der Waals surface area contributed by atoms with Crippen LogP contribution in [0.25, 0.3) is 11.7 Å². The predicted molar refractivity (Wildman–Crippen MR) is 184 cm³/mol. The van der Waals surface area contributed by atoms with Gasteiger partial charge in [-0.15, -0.1) is 10.2 Å². The fraction of sp³-hybridized carbons (Fsp3) is 0.289. The molecule has 8 rings (SSSR count). The topological polar surface area (TPSA) is 179 Å². The van der Waals surface area contributed by atoms with Gasteiger partial charge in [0.25, 0.3) is 17.7 Å². The number of hydrogen-bond acceptors (Lipinski definition) is 12. The molecular weight excluding hydrogens is 668 g/mol. The molecule has 5 aromatic rings. The van der Waals surface area contributed by atoms with Gasteiger partial charge in [0.15, 0.2) is 0 Å². The molecule has 0 radical (unpaired) electrons. The van der Waals surface area contributed by atoms with E-state index >= 15 is 0 Å². The minimum atomic E-state index is -0.992. The summed E-state index contributed by atoms with van der Waals surface area (Å²) in [5, 5.41) is 13.4. The van der Waals surface area contributed by atoms with Gasteiger partial charge in [-0.05, 0) is 60.0 Å². The molecule has 1 saturated carbocycles. The summed E-state index contributed by atoms with van der Waals surface area (Å²) in [6, 6.07) is 20.0. The highest BCUT2D eigenvalue weighted by molar-refractivity contribution is 6.23. The van der Waals surface area contributed by atoms with Crippen LogP contribution in [0.2, 0.25) is 0 Å². The molecule has 4 amide bonds. The smallest absolute Gasteiger partial charge is 0.399 e. The van der Waals surface area contributed by atoms with E-state index in [2.05, 4.69) is 51.8 Å². The molecule has 14 heteroatoms. The number of benzene rings is 3. The zero-order valence-corrected chi connectivity index (χ0v) is 28.5. The molecule has 4 heterocycles. The number of aromatic nitrogens is 3. The number of imide groups is 2. The molecule has 3 aliphatic rings. The van der Waals surface area contributed by atoms with Gasteiger partial charge in [0.2, 0.25) is 23.5 Å². The van der Waals surface area contributed by atoms with E-state index in [1.54, 1.807) is 25.1 Å². The number of hydrogen-bond donors (Lipinski definition) is 2. The molecular formula is C38H34N6O8. The van der Waals surface area contributed by atoms with Gasteiger partial charge < -0.3 is 23.6 Å². The summed E-state index contributed by atoms with van der Waals surface area (Å²) < 4.78 is 23.0. The molecule has 0 bridgehead atoms. The highest BCUT2D eigenvalue weighted by Crippen LogP contribution is 2.36. The summed E-state index contributed by atoms with van der Waals surface area (Å²) in [6.45, 7) is 6.00. The first kappa shape index (κ1) is 32.9. The van der Waals surface area contributed by atoms with Gasteiger partial charge in [-0.3, -0.25) is 29.4 Å². The summed E-state index contributed by atoms with van der Waals surface area (Å²) in [5.41, 5.74) is 3.13. The van der Waals surface area contributed by atoms with Crippen LogP contribution in [0.4, 0.5) is 5.69 Å². The normalized spacial score (nSPS) is 20.0. The molecule has 2 aliphatic heterocycles. The molecule has 14 nitrogen and oxygen atoms in total. The zero-order valence-electron chi connectivity index (χ0n) is 28.5. The van der Waals surface area contributed by atoms with E-state index in [0.717, 1.165) is 34.6 Å². The Bertz CT molecular complexity index is 2200. The van der Waals surface area contributed by atoms with Crippen LogP contribution in [0.1, 0.15) is 77.3 Å². The van der Waals surface area contributed by atoms with Crippen LogP contribution >= 0.6 is 0 Å². The first-order valence-corrected chi connectivity index (χ1v) is 17.0. The number of piperidine rings is 1. The minimum Gasteiger partial charge on any atom is -0.490 e. The Hall–Kier alpha value is -6.31. The highest BCUT2D eigenvalue weighted by atomic mass is 16.6. The number of ether oxygens (including phenoxy) is 2. The van der Waals surface area contributed by atoms with E-state index in [1.165, 1.54) is 6.20 Å². The first-order valence-electron chi connectivity index (χ1n) is 17.0. The number of nitrogens with one attached hydrogen (secondary N) is 2. The van der Waals surface area contributed by atoms with E-state index in [9.17, 15) is 19.2 Å². The largest absolute Gasteiger partial charge is 0.490 e. The van der Waals surface area contributed by atoms with Crippen molar-refractivity contribution in [2.24, 2.45) is 0 Å². The third-order valence-electron chi connectivity index (χ3n) is 9.79. The number of nitrogens with zero attached hydrogens (tertiary/aromatic N) is 4. The first-order chi connectivity index (χ1) is 25.0. The average Bonchev–Trinajstić information content (AvgIpc) is 3.82. The summed E-state index contributed by atoms with van der Waals surface area (Å²) in [5.74, 6) is 0.253. The quantitative estimate of drug-likeness (QED) is 0.173. The van der Waals surface area contributed by atoms with Crippen molar-refractivity contribution < 1.29 is 37.5 Å². The van der Waals surface area contributed by atoms with Crippen molar-refractivity contribution in [3.8, 4) is 29.2 Å². The summed E-state index contributed by atoms with van der Waals surface area (Å²) in [4.78, 5) is 55.2. The monoisotopic (exact) mass is 702 g/mol. The van der Waals surface area contributed by atoms with Crippen LogP contribution in [-0.2, 0) is 15.0 Å². The van der Waals surface area contributed by atoms with Crippen LogP contribution in [0.15, 0.2) is 81.8 Å². The van der Waals surface area contributed by atoms with E-state index in [-0.39, 0.29) is 53.5 Å². The zero-order chi connectivity index (χ0) is 36.1. The van der Waals surface area contributed by atoms with Crippen LogP contribution in [0.5, 0.6) is 17.6 Å². The van der Waals surface area contributed by atoms with Gasteiger partial charge in [-0.1, -0.05) is 38.1 Å². The van der Waals surface area contributed by atoms with E-state index in [1.807, 2.05) is 36.4 Å². The predicted octanol–water partition coefficient (Wildman–Crippen LogP) is 5.57. The lowest BCUT2D eigenvalue weighted by molar-refractivity contribution is -0.136. The van der Waals surface area contributed by atoms with Crippen molar-refractivity contribution in [1.82, 2.24) is 25.4 Å². The second kappa shape index (κ2) is 12.8. The summed E-state index contributed by atoms with van der Waals surface area (Å²) in [7, 11) is 0. The molecule has 0 spiro atoms. The number of carbonyl (C=O) groups is 4. The fourth-order valence-corrected chi connectivity index (χ4v) is 6.73. The van der Waals surface area contributed by atoms with Crippen LogP contribution in [-0.4, -0.2) is 61.9 Å². The van der Waals surface area contributed by atoms with Crippen molar-refractivity contribution in [2.45, 2.75) is 70.1 Å². The number of anilines is 1. The Morgan fingerprint density at radius 3 is 2.23 bits per heavy atom. The molecule has 1 aliphatic carbocycles. The molecule has 52 heavy (non-hydrogen) atoms. The maximum atomic E-state index is 13.2. The van der Waals surface area contributed by atoms with Crippen molar-refractivity contribution >= 4 is 29.3 Å². The maximum Gasteiger partial charge on any atom is 0.399 e. The average molecular weight is 703 g/mol. The fourth-order valence-electron chi connectivity index (χ4n) is 6.73. The second-order valence-corrected chi connectivity index (χ2v) is 13.7. The molecule has 264 valence electrons. The van der Waals surface area contributed by atoms with Crippen molar-refractivity contribution in [2.75, 3.05) is 5.32 Å². The Morgan fingerprint density at radius 1 is 0.865 bits per heavy atom. The van der Waals surface area contributed by atoms with Crippen LogP contribution in [0, 0.1) is 6.92 Å². The Balaban J connectivity index is 0.834. The van der Waals surface area contributed by atoms with Crippen molar-refractivity contribution in [3.05, 3.63) is 101 Å². The van der Waals surface area contributed by atoms with Crippen LogP contribution in [0.3, 0.4) is 0 Å². The lowest BCUT2D eigenvalue weighted by Crippen LogP contribution is -2.54. The summed E-state index contributed by atoms with van der Waals surface area (Å²) >= 11 is 0. The lowest BCUT2D eigenvalue weighted by Gasteiger charge is -2.36. The third-order valence-corrected chi connectivity index (χ3v) is 9.79. The number of oxazole rings is 1. The number of aryl methyl sites for hydroxylation is 1. The summed E-state index contributed by atoms with van der Waals surface area (Å²) in [6.07, 6.45) is 3.29. The van der Waals surface area contributed by atoms with E-state index in [0.29, 0.717) is 23.1 Å². The standard InChI is InChI=1S/C38H34N6O8/c1-20-42-43-34(49-20)31-19-39-37(52-31)51-26-11-6-22(7-12-26)38(2,3)21-4-9-25(10-5-21)50-27-16-24(17-27)40-23-8-13-28-29(18-23)36(48)44(35(28)47)30-14-15-32(45)41-33(30)46/h4-13,18-19,24,27,30,40H,14-17H2,1-3H3,(H,41,45,46).